The van der Waals surface area contributed by atoms with E-state index in [1.165, 1.54) is 12.1 Å². The maximum atomic E-state index is 13.6. The van der Waals surface area contributed by atoms with E-state index < -0.39 is 0 Å². The maximum absolute atomic E-state index is 13.6. The number of benzene rings is 1. The summed E-state index contributed by atoms with van der Waals surface area (Å²) in [5, 5.41) is 7.27. The topological polar surface area (TPSA) is 74.8 Å². The van der Waals surface area contributed by atoms with Crippen LogP contribution in [0.15, 0.2) is 36.5 Å². The highest BCUT2D eigenvalue weighted by Gasteiger charge is 2.28. The molecule has 0 aliphatic carbocycles. The Morgan fingerprint density at radius 2 is 1.96 bits per heavy atom. The first-order chi connectivity index (χ1) is 13.5. The van der Waals surface area contributed by atoms with E-state index in [4.69, 9.17) is 0 Å². The Kier molecular flexibility index (Phi) is 4.90. The standard InChI is InChI=1S/C21H22FN5O/c1-13-10-19(25-14(2)24-13)21(28)27-8-6-15(7-9-27)20-18(12-23-26-20)16-4-3-5-17(22)11-16/h3-5,10-12,15H,6-9H2,1-2H3,(H,23,26). The van der Waals surface area contributed by atoms with Crippen molar-refractivity contribution in [3.63, 3.8) is 0 Å². The lowest BCUT2D eigenvalue weighted by Crippen LogP contribution is -2.38. The molecule has 6 nitrogen and oxygen atoms in total. The second-order valence-corrected chi connectivity index (χ2v) is 7.22. The van der Waals surface area contributed by atoms with Crippen LogP contribution < -0.4 is 0 Å². The molecule has 1 fully saturated rings. The highest BCUT2D eigenvalue weighted by Crippen LogP contribution is 2.34. The van der Waals surface area contributed by atoms with Gasteiger partial charge in [0.15, 0.2) is 0 Å². The number of nitrogens with zero attached hydrogens (tertiary/aromatic N) is 4. The molecule has 1 saturated heterocycles. The van der Waals surface area contributed by atoms with E-state index in [0.717, 1.165) is 35.4 Å². The quantitative estimate of drug-likeness (QED) is 0.754. The molecule has 0 spiro atoms. The number of aromatic nitrogens is 4. The minimum Gasteiger partial charge on any atom is -0.337 e. The summed E-state index contributed by atoms with van der Waals surface area (Å²) < 4.78 is 13.6. The Morgan fingerprint density at radius 1 is 1.18 bits per heavy atom. The Morgan fingerprint density at radius 3 is 2.68 bits per heavy atom. The van der Waals surface area contributed by atoms with Gasteiger partial charge in [0.2, 0.25) is 0 Å². The minimum absolute atomic E-state index is 0.0537. The van der Waals surface area contributed by atoms with Crippen LogP contribution in [-0.2, 0) is 0 Å². The zero-order valence-electron chi connectivity index (χ0n) is 15.9. The fourth-order valence-electron chi connectivity index (χ4n) is 3.85. The van der Waals surface area contributed by atoms with Crippen molar-refractivity contribution in [2.75, 3.05) is 13.1 Å². The van der Waals surface area contributed by atoms with Crippen LogP contribution in [0.1, 0.15) is 46.5 Å². The van der Waals surface area contributed by atoms with Crippen LogP contribution in [-0.4, -0.2) is 44.1 Å². The number of carbonyl (C=O) groups excluding carboxylic acids is 1. The summed E-state index contributed by atoms with van der Waals surface area (Å²) in [7, 11) is 0. The minimum atomic E-state index is -0.263. The van der Waals surface area contributed by atoms with Gasteiger partial charge >= 0.3 is 0 Å². The zero-order valence-corrected chi connectivity index (χ0v) is 15.9. The van der Waals surface area contributed by atoms with Crippen molar-refractivity contribution in [3.05, 3.63) is 65.3 Å². The Hall–Kier alpha value is -3.09. The summed E-state index contributed by atoms with van der Waals surface area (Å²) in [6.45, 7) is 4.95. The molecule has 28 heavy (non-hydrogen) atoms. The van der Waals surface area contributed by atoms with E-state index in [1.54, 1.807) is 25.3 Å². The lowest BCUT2D eigenvalue weighted by molar-refractivity contribution is 0.0705. The average molecular weight is 379 g/mol. The van der Waals surface area contributed by atoms with Gasteiger partial charge in [0.25, 0.3) is 5.91 Å². The monoisotopic (exact) mass is 379 g/mol. The third kappa shape index (κ3) is 3.65. The SMILES string of the molecule is Cc1cc(C(=O)N2CCC(c3[nH]ncc3-c3cccc(F)c3)CC2)nc(C)n1. The number of piperidine rings is 1. The Balaban J connectivity index is 1.48. The molecule has 7 heteroatoms. The van der Waals surface area contributed by atoms with Gasteiger partial charge in [0.1, 0.15) is 17.3 Å². The van der Waals surface area contributed by atoms with Gasteiger partial charge in [-0.3, -0.25) is 9.89 Å². The molecule has 0 atom stereocenters. The largest absolute Gasteiger partial charge is 0.337 e. The van der Waals surface area contributed by atoms with Crippen molar-refractivity contribution in [2.24, 2.45) is 0 Å². The van der Waals surface area contributed by atoms with Crippen LogP contribution >= 0.6 is 0 Å². The number of halogens is 1. The first-order valence-corrected chi connectivity index (χ1v) is 9.42. The van der Waals surface area contributed by atoms with E-state index in [0.29, 0.717) is 24.6 Å². The molecule has 0 unspecified atom stereocenters. The number of likely N-dealkylation sites (tertiary alicyclic amines) is 1. The third-order valence-corrected chi connectivity index (χ3v) is 5.18. The van der Waals surface area contributed by atoms with E-state index in [9.17, 15) is 9.18 Å². The molecule has 0 bridgehead atoms. The van der Waals surface area contributed by atoms with E-state index in [2.05, 4.69) is 20.2 Å². The molecular weight excluding hydrogens is 357 g/mol. The summed E-state index contributed by atoms with van der Waals surface area (Å²) in [5.41, 5.74) is 3.99. The number of carbonyl (C=O) groups is 1. The van der Waals surface area contributed by atoms with Gasteiger partial charge in [-0.1, -0.05) is 12.1 Å². The lowest BCUT2D eigenvalue weighted by atomic mass is 9.89. The third-order valence-electron chi connectivity index (χ3n) is 5.18. The van der Waals surface area contributed by atoms with Gasteiger partial charge in [0.05, 0.1) is 6.20 Å². The van der Waals surface area contributed by atoms with Crippen molar-refractivity contribution in [1.82, 2.24) is 25.1 Å². The van der Waals surface area contributed by atoms with Crippen LogP contribution in [0.25, 0.3) is 11.1 Å². The summed E-state index contributed by atoms with van der Waals surface area (Å²) in [4.78, 5) is 23.2. The lowest BCUT2D eigenvalue weighted by Gasteiger charge is -2.31. The fourth-order valence-corrected chi connectivity index (χ4v) is 3.85. The number of aromatic amines is 1. The van der Waals surface area contributed by atoms with Gasteiger partial charge in [-0.05, 0) is 50.5 Å². The second-order valence-electron chi connectivity index (χ2n) is 7.22. The number of nitrogens with one attached hydrogen (secondary N) is 1. The van der Waals surface area contributed by atoms with Crippen LogP contribution in [0.4, 0.5) is 4.39 Å². The van der Waals surface area contributed by atoms with Crippen molar-refractivity contribution in [2.45, 2.75) is 32.6 Å². The van der Waals surface area contributed by atoms with E-state index >= 15 is 0 Å². The summed E-state index contributed by atoms with van der Waals surface area (Å²) in [5.74, 6) is 0.539. The zero-order chi connectivity index (χ0) is 19.7. The van der Waals surface area contributed by atoms with Crippen LogP contribution in [0, 0.1) is 19.7 Å². The van der Waals surface area contributed by atoms with E-state index in [1.807, 2.05) is 17.9 Å². The molecule has 3 heterocycles. The molecule has 0 radical (unpaired) electrons. The number of rotatable bonds is 3. The van der Waals surface area contributed by atoms with Crippen molar-refractivity contribution >= 4 is 5.91 Å². The number of H-pyrrole nitrogens is 1. The molecular formula is C21H22FN5O. The van der Waals surface area contributed by atoms with Crippen LogP contribution in [0.3, 0.4) is 0 Å². The molecule has 0 saturated carbocycles. The molecule has 1 aliphatic rings. The Bertz CT molecular complexity index is 987. The molecule has 4 rings (SSSR count). The highest BCUT2D eigenvalue weighted by molar-refractivity contribution is 5.92. The van der Waals surface area contributed by atoms with Gasteiger partial charge in [-0.2, -0.15) is 5.10 Å². The predicted molar refractivity (Wildman–Crippen MR) is 103 cm³/mol. The number of aryl methyl sites for hydroxylation is 2. The maximum Gasteiger partial charge on any atom is 0.272 e. The Labute approximate surface area is 162 Å². The highest BCUT2D eigenvalue weighted by atomic mass is 19.1. The van der Waals surface area contributed by atoms with E-state index in [-0.39, 0.29) is 17.6 Å². The molecule has 144 valence electrons. The fraction of sp³-hybridized carbons (Fsp3) is 0.333. The molecule has 1 N–H and O–H groups in total. The van der Waals surface area contributed by atoms with Gasteiger partial charge in [0, 0.05) is 36.0 Å². The molecule has 1 aromatic carbocycles. The van der Waals surface area contributed by atoms with Crippen LogP contribution in [0.2, 0.25) is 0 Å². The number of hydrogen-bond acceptors (Lipinski definition) is 4. The normalized spacial score (nSPS) is 15.0. The molecule has 1 aliphatic heterocycles. The van der Waals surface area contributed by atoms with Crippen LogP contribution in [0.5, 0.6) is 0 Å². The predicted octanol–water partition coefficient (Wildman–Crippen LogP) is 3.64. The van der Waals surface area contributed by atoms with Gasteiger partial charge in [-0.15, -0.1) is 0 Å². The number of amides is 1. The van der Waals surface area contributed by atoms with Crippen molar-refractivity contribution < 1.29 is 9.18 Å². The molecule has 1 amide bonds. The van der Waals surface area contributed by atoms with Gasteiger partial charge < -0.3 is 4.90 Å². The summed E-state index contributed by atoms with van der Waals surface area (Å²) in [6, 6.07) is 8.28. The average Bonchev–Trinajstić information content (AvgIpc) is 3.17. The first kappa shape index (κ1) is 18.3. The van der Waals surface area contributed by atoms with Gasteiger partial charge in [-0.25, -0.2) is 14.4 Å². The number of hydrogen-bond donors (Lipinski definition) is 1. The smallest absolute Gasteiger partial charge is 0.272 e. The summed E-state index contributed by atoms with van der Waals surface area (Å²) in [6.07, 6.45) is 3.38. The van der Waals surface area contributed by atoms with Crippen molar-refractivity contribution in [1.29, 1.82) is 0 Å². The summed E-state index contributed by atoms with van der Waals surface area (Å²) >= 11 is 0. The first-order valence-electron chi connectivity index (χ1n) is 9.42. The second kappa shape index (κ2) is 7.50. The van der Waals surface area contributed by atoms with Crippen molar-refractivity contribution in [3.8, 4) is 11.1 Å². The molecule has 3 aromatic rings. The molecule has 2 aromatic heterocycles.